The molecule has 0 spiro atoms. The Morgan fingerprint density at radius 3 is 2.62 bits per heavy atom. The van der Waals surface area contributed by atoms with Crippen molar-refractivity contribution in [3.05, 3.63) is 57.3 Å². The number of carbonyl (C=O) groups excluding carboxylic acids is 1. The van der Waals surface area contributed by atoms with Crippen LogP contribution in [0.5, 0.6) is 0 Å². The van der Waals surface area contributed by atoms with Crippen LogP contribution in [0, 0.1) is 0 Å². The molecule has 3 fully saturated rings. The Labute approximate surface area is 197 Å². The zero-order chi connectivity index (χ0) is 24.3. The predicted molar refractivity (Wildman–Crippen MR) is 129 cm³/mol. The van der Waals surface area contributed by atoms with Gasteiger partial charge in [-0.25, -0.2) is 17.9 Å². The summed E-state index contributed by atoms with van der Waals surface area (Å²) < 4.78 is 31.3. The van der Waals surface area contributed by atoms with Crippen molar-refractivity contribution in [2.75, 3.05) is 13.1 Å². The fourth-order valence-electron chi connectivity index (χ4n) is 4.50. The number of hydrogen-bond donors (Lipinski definition) is 1. The molecular weight excluding hydrogens is 456 g/mol. The number of rotatable bonds is 6. The van der Waals surface area contributed by atoms with Gasteiger partial charge < -0.3 is 4.90 Å². The molecule has 2 aliphatic carbocycles. The number of benzene rings is 1. The molecule has 5 rings (SSSR count). The number of aromatic nitrogens is 2. The van der Waals surface area contributed by atoms with Crippen LogP contribution >= 0.6 is 0 Å². The van der Waals surface area contributed by atoms with Gasteiger partial charge in [-0.05, 0) is 69.7 Å². The number of nitrogens with zero attached hydrogens (tertiary/aromatic N) is 3. The maximum atomic E-state index is 13.6. The Bertz CT molecular complexity index is 1460. The van der Waals surface area contributed by atoms with Gasteiger partial charge in [0, 0.05) is 24.8 Å². The monoisotopic (exact) mass is 484 g/mol. The van der Waals surface area contributed by atoms with Gasteiger partial charge in [-0.2, -0.15) is 0 Å². The van der Waals surface area contributed by atoms with Gasteiger partial charge in [0.25, 0.3) is 5.56 Å². The van der Waals surface area contributed by atoms with Crippen LogP contribution in [0.2, 0.25) is 0 Å². The quantitative estimate of drug-likeness (QED) is 0.631. The second-order valence-corrected chi connectivity index (χ2v) is 11.4. The van der Waals surface area contributed by atoms with Gasteiger partial charge in [-0.1, -0.05) is 12.2 Å². The third-order valence-electron chi connectivity index (χ3n) is 6.88. The van der Waals surface area contributed by atoms with Crippen molar-refractivity contribution >= 4 is 33.0 Å². The second-order valence-electron chi connectivity index (χ2n) is 9.74. The van der Waals surface area contributed by atoms with E-state index in [0.29, 0.717) is 24.9 Å². The van der Waals surface area contributed by atoms with Gasteiger partial charge in [0.2, 0.25) is 15.9 Å². The Hall–Kier alpha value is -2.98. The van der Waals surface area contributed by atoms with E-state index < -0.39 is 32.9 Å². The first-order valence-electron chi connectivity index (χ1n) is 11.6. The molecule has 10 heteroatoms. The normalized spacial score (nSPS) is 21.4. The van der Waals surface area contributed by atoms with E-state index in [-0.39, 0.29) is 22.7 Å². The number of sulfonamides is 1. The minimum Gasteiger partial charge on any atom is -0.337 e. The Balaban J connectivity index is 1.67. The molecule has 34 heavy (non-hydrogen) atoms. The molecule has 2 saturated carbocycles. The van der Waals surface area contributed by atoms with Crippen LogP contribution in [-0.4, -0.2) is 47.0 Å². The van der Waals surface area contributed by atoms with E-state index in [0.717, 1.165) is 31.3 Å². The van der Waals surface area contributed by atoms with Crippen molar-refractivity contribution < 1.29 is 13.2 Å². The lowest BCUT2D eigenvalue weighted by atomic mass is 10.0. The summed E-state index contributed by atoms with van der Waals surface area (Å²) in [7, 11) is -3.82. The zero-order valence-electron chi connectivity index (χ0n) is 19.1. The third-order valence-corrected chi connectivity index (χ3v) is 8.51. The molecule has 9 nitrogen and oxygen atoms in total. The molecule has 1 atom stereocenters. The van der Waals surface area contributed by atoms with Gasteiger partial charge in [0.1, 0.15) is 0 Å². The van der Waals surface area contributed by atoms with Crippen LogP contribution in [0.4, 0.5) is 0 Å². The lowest BCUT2D eigenvalue weighted by molar-refractivity contribution is -0.127. The minimum absolute atomic E-state index is 0.00634. The first-order valence-corrected chi connectivity index (χ1v) is 13.1. The Kier molecular flexibility index (Phi) is 5.40. The molecule has 0 radical (unpaired) electrons. The average molecular weight is 485 g/mol. The number of allylic oxidation sites excluding steroid dienone is 1. The van der Waals surface area contributed by atoms with Gasteiger partial charge in [-0.3, -0.25) is 18.7 Å². The standard InChI is InChI=1S/C24H28N4O5S/c1-3-21(29)26-12-4-5-17(15-26)28-22(30)19-13-18(34(32,33)25-24(2)10-11-24)8-9-20(19)27(23(28)31)14-16-6-7-16/h3,8-9,13-14,17,25H,1,4-7,10-12,15H2,2H3. The van der Waals surface area contributed by atoms with E-state index in [2.05, 4.69) is 11.3 Å². The highest BCUT2D eigenvalue weighted by Gasteiger charge is 2.41. The van der Waals surface area contributed by atoms with E-state index >= 15 is 0 Å². The fraction of sp³-hybridized carbons (Fsp3) is 0.458. The van der Waals surface area contributed by atoms with E-state index in [1.165, 1.54) is 33.4 Å². The van der Waals surface area contributed by atoms with Crippen molar-refractivity contribution in [1.29, 1.82) is 0 Å². The van der Waals surface area contributed by atoms with Crippen molar-refractivity contribution in [2.24, 2.45) is 0 Å². The number of fused-ring (bicyclic) bond motifs is 1. The molecule has 1 unspecified atom stereocenters. The summed E-state index contributed by atoms with van der Waals surface area (Å²) in [6, 6.07) is 3.82. The van der Waals surface area contributed by atoms with E-state index in [1.54, 1.807) is 11.1 Å². The molecule has 0 bridgehead atoms. The van der Waals surface area contributed by atoms with Crippen molar-refractivity contribution in [2.45, 2.75) is 61.9 Å². The van der Waals surface area contributed by atoms with E-state index in [9.17, 15) is 22.8 Å². The number of carbonyl (C=O) groups is 1. The van der Waals surface area contributed by atoms with Gasteiger partial charge in [0.05, 0.1) is 21.8 Å². The number of likely N-dealkylation sites (tertiary alicyclic amines) is 1. The van der Waals surface area contributed by atoms with Crippen LogP contribution in [0.1, 0.15) is 51.5 Å². The van der Waals surface area contributed by atoms with E-state index in [4.69, 9.17) is 0 Å². The highest BCUT2D eigenvalue weighted by molar-refractivity contribution is 7.89. The molecule has 1 saturated heterocycles. The summed E-state index contributed by atoms with van der Waals surface area (Å²) in [4.78, 5) is 40.9. The lowest BCUT2D eigenvalue weighted by Crippen LogP contribution is -2.48. The molecule has 1 aliphatic heterocycles. The lowest BCUT2D eigenvalue weighted by Gasteiger charge is -2.33. The van der Waals surface area contributed by atoms with Gasteiger partial charge >= 0.3 is 5.69 Å². The summed E-state index contributed by atoms with van der Waals surface area (Å²) in [6.45, 7) is 6.13. The largest absolute Gasteiger partial charge is 0.337 e. The zero-order valence-corrected chi connectivity index (χ0v) is 19.9. The summed E-state index contributed by atoms with van der Waals surface area (Å²) >= 11 is 0. The molecule has 1 aromatic heterocycles. The van der Waals surface area contributed by atoms with Crippen molar-refractivity contribution in [3.63, 3.8) is 0 Å². The molecule has 1 amide bonds. The molecule has 3 aliphatic rings. The summed E-state index contributed by atoms with van der Waals surface area (Å²) in [5.41, 5.74) is -0.0169. The molecule has 2 aromatic rings. The summed E-state index contributed by atoms with van der Waals surface area (Å²) in [5, 5.41) is 0.160. The highest BCUT2D eigenvalue weighted by atomic mass is 32.2. The second kappa shape index (κ2) is 8.06. The number of hydrogen-bond acceptors (Lipinski definition) is 5. The van der Waals surface area contributed by atoms with Crippen molar-refractivity contribution in [3.8, 4) is 0 Å². The summed E-state index contributed by atoms with van der Waals surface area (Å²) in [6.07, 6.45) is 7.48. The average Bonchev–Trinajstić information content (AvgIpc) is 3.74. The van der Waals surface area contributed by atoms with Crippen molar-refractivity contribution in [1.82, 2.24) is 18.8 Å². The van der Waals surface area contributed by atoms with Crippen LogP contribution in [0.3, 0.4) is 0 Å². The van der Waals surface area contributed by atoms with Crippen LogP contribution in [0.15, 0.2) is 50.9 Å². The molecular formula is C24H28N4O5S. The van der Waals surface area contributed by atoms with Crippen LogP contribution in [0.25, 0.3) is 17.1 Å². The third kappa shape index (κ3) is 4.16. The van der Waals surface area contributed by atoms with Gasteiger partial charge in [0.15, 0.2) is 0 Å². The van der Waals surface area contributed by atoms with Gasteiger partial charge in [-0.15, -0.1) is 0 Å². The Morgan fingerprint density at radius 1 is 1.24 bits per heavy atom. The Morgan fingerprint density at radius 2 is 1.97 bits per heavy atom. The number of piperidine rings is 1. The highest BCUT2D eigenvalue weighted by Crippen LogP contribution is 2.36. The topological polar surface area (TPSA) is 110 Å². The smallest absolute Gasteiger partial charge is 0.335 e. The number of nitrogens with one attached hydrogen (secondary N) is 1. The summed E-state index contributed by atoms with van der Waals surface area (Å²) in [5.74, 6) is -0.244. The predicted octanol–water partition coefficient (Wildman–Crippen LogP) is 1.98. The maximum absolute atomic E-state index is 13.6. The molecule has 1 N–H and O–H groups in total. The molecule has 1 aromatic carbocycles. The van der Waals surface area contributed by atoms with Crippen LogP contribution in [-0.2, 0) is 14.8 Å². The first kappa shape index (κ1) is 22.8. The fourth-order valence-corrected chi connectivity index (χ4v) is 5.99. The maximum Gasteiger partial charge on any atom is 0.335 e. The molecule has 180 valence electrons. The molecule has 2 heterocycles. The van der Waals surface area contributed by atoms with Crippen LogP contribution < -0.4 is 16.0 Å². The SMILES string of the molecule is C=CC(=O)N1CCCC(n2c(=O)c3cc(S(=O)(=O)NC4(C)CC4)ccc3n(C=C3CC3)c2=O)C1. The number of amides is 1. The first-order chi connectivity index (χ1) is 16.1. The van der Waals surface area contributed by atoms with E-state index in [1.807, 2.05) is 6.92 Å². The minimum atomic E-state index is -3.82.